The normalized spacial score (nSPS) is 11.2. The van der Waals surface area contributed by atoms with Crippen LogP contribution in [-0.2, 0) is 0 Å². The van der Waals surface area contributed by atoms with Crippen LogP contribution in [0.4, 0.5) is 0 Å². The third-order valence-corrected chi connectivity index (χ3v) is 12.0. The predicted molar refractivity (Wildman–Crippen MR) is 275 cm³/mol. The van der Waals surface area contributed by atoms with Gasteiger partial charge in [0.2, 0.25) is 5.89 Å². The molecule has 0 saturated carbocycles. The van der Waals surface area contributed by atoms with E-state index in [4.69, 9.17) is 39.3 Å². The first kappa shape index (κ1) is 40.9. The van der Waals surface area contributed by atoms with Gasteiger partial charge in [-0.1, -0.05) is 200 Å². The predicted octanol–water partition coefficient (Wildman–Crippen LogP) is 14.9. The maximum absolute atomic E-state index is 6.31. The highest BCUT2D eigenvalue weighted by molar-refractivity contribution is 5.93. The van der Waals surface area contributed by atoms with Gasteiger partial charge in [-0.15, -0.1) is 0 Å². The molecule has 0 atom stereocenters. The third kappa shape index (κ3) is 8.35. The highest BCUT2D eigenvalue weighted by Gasteiger charge is 2.21. The molecule has 0 aliphatic heterocycles. The van der Waals surface area contributed by atoms with Crippen molar-refractivity contribution in [2.75, 3.05) is 0 Å². The lowest BCUT2D eigenvalue weighted by molar-refractivity contribution is 0.620. The molecule has 324 valence electrons. The Labute approximate surface area is 398 Å². The Morgan fingerprint density at radius 2 is 0.623 bits per heavy atom. The van der Waals surface area contributed by atoms with Gasteiger partial charge in [0.25, 0.3) is 0 Å². The van der Waals surface area contributed by atoms with E-state index in [-0.39, 0.29) is 0 Å². The van der Waals surface area contributed by atoms with E-state index in [1.807, 2.05) is 152 Å². The van der Waals surface area contributed by atoms with Gasteiger partial charge >= 0.3 is 0 Å². The fourth-order valence-electron chi connectivity index (χ4n) is 8.63. The summed E-state index contributed by atoms with van der Waals surface area (Å²) in [4.78, 5) is 35.7. The van der Waals surface area contributed by atoms with Crippen LogP contribution in [0.2, 0.25) is 0 Å². The molecule has 0 radical (unpaired) electrons. The molecule has 0 aliphatic rings. The quantitative estimate of drug-likeness (QED) is 0.134. The van der Waals surface area contributed by atoms with E-state index in [9.17, 15) is 0 Å². The van der Waals surface area contributed by atoms with E-state index in [1.54, 1.807) is 0 Å². The zero-order chi connectivity index (χ0) is 45.9. The second kappa shape index (κ2) is 18.0. The number of benzene rings is 9. The molecule has 12 aromatic rings. The summed E-state index contributed by atoms with van der Waals surface area (Å²) in [6.45, 7) is 0. The minimum Gasteiger partial charge on any atom is -0.436 e. The van der Waals surface area contributed by atoms with Crippen molar-refractivity contribution in [2.45, 2.75) is 0 Å². The van der Waals surface area contributed by atoms with Crippen molar-refractivity contribution in [3.05, 3.63) is 237 Å². The Hall–Kier alpha value is -9.53. The number of nitrogens with zero attached hydrogens (tertiary/aromatic N) is 7. The fraction of sp³-hybridized carbons (Fsp3) is 0. The summed E-state index contributed by atoms with van der Waals surface area (Å²) >= 11 is 0. The Morgan fingerprint density at radius 3 is 1.22 bits per heavy atom. The van der Waals surface area contributed by atoms with Crippen molar-refractivity contribution in [3.8, 4) is 113 Å². The number of rotatable bonds is 10. The number of hydrogen-bond acceptors (Lipinski definition) is 8. The first-order valence-electron chi connectivity index (χ1n) is 22.7. The van der Waals surface area contributed by atoms with Gasteiger partial charge in [-0.2, -0.15) is 0 Å². The summed E-state index contributed by atoms with van der Waals surface area (Å²) in [5.74, 6) is 3.96. The second-order valence-electron chi connectivity index (χ2n) is 16.5. The van der Waals surface area contributed by atoms with Crippen molar-refractivity contribution in [3.63, 3.8) is 0 Å². The molecular weight excluding hydrogens is 847 g/mol. The van der Waals surface area contributed by atoms with Crippen molar-refractivity contribution in [2.24, 2.45) is 0 Å². The average Bonchev–Trinajstić information content (AvgIpc) is 3.89. The number of fused-ring (bicyclic) bond motifs is 1. The van der Waals surface area contributed by atoms with Crippen molar-refractivity contribution < 1.29 is 4.42 Å². The molecular formula is C61H39N7O. The molecule has 9 aromatic carbocycles. The van der Waals surface area contributed by atoms with Crippen LogP contribution in [0.25, 0.3) is 124 Å². The lowest BCUT2D eigenvalue weighted by Crippen LogP contribution is -2.02. The lowest BCUT2D eigenvalue weighted by Gasteiger charge is -2.17. The van der Waals surface area contributed by atoms with Gasteiger partial charge in [0.05, 0.1) is 0 Å². The van der Waals surface area contributed by atoms with Gasteiger partial charge in [0, 0.05) is 38.9 Å². The molecule has 12 rings (SSSR count). The van der Waals surface area contributed by atoms with Gasteiger partial charge in [-0.25, -0.2) is 34.9 Å². The Bertz CT molecular complexity index is 3690. The summed E-state index contributed by atoms with van der Waals surface area (Å²) in [7, 11) is 0. The first-order chi connectivity index (χ1) is 34.2. The van der Waals surface area contributed by atoms with Crippen LogP contribution in [-0.4, -0.2) is 34.9 Å². The van der Waals surface area contributed by atoms with Crippen LogP contribution in [0.15, 0.2) is 241 Å². The van der Waals surface area contributed by atoms with Gasteiger partial charge in [-0.05, 0) is 69.8 Å². The number of para-hydroxylation sites is 2. The first-order valence-corrected chi connectivity index (χ1v) is 22.7. The fourth-order valence-corrected chi connectivity index (χ4v) is 8.63. The largest absolute Gasteiger partial charge is 0.436 e. The van der Waals surface area contributed by atoms with E-state index in [0.717, 1.165) is 83.4 Å². The highest BCUT2D eigenvalue weighted by atomic mass is 16.3. The molecule has 0 spiro atoms. The molecule has 0 N–H and O–H groups in total. The monoisotopic (exact) mass is 885 g/mol. The van der Waals surface area contributed by atoms with Crippen LogP contribution in [0.5, 0.6) is 0 Å². The van der Waals surface area contributed by atoms with Crippen molar-refractivity contribution in [1.29, 1.82) is 0 Å². The zero-order valence-corrected chi connectivity index (χ0v) is 37.1. The van der Waals surface area contributed by atoms with Crippen LogP contribution in [0.1, 0.15) is 0 Å². The van der Waals surface area contributed by atoms with Crippen LogP contribution in [0.3, 0.4) is 0 Å². The standard InChI is InChI=1S/C61H39N7O/c1-5-19-40(20-6-1)44-27-17-29-46(37-44)58-64-55(41-21-7-2-8-22-41)65-59(66-58)47-35-36-50(52(39-47)45-28-18-30-48(38-45)61-62-53-33-15-16-34-54(53)69-61)49-31-13-14-32-51(49)60-67-56(42-23-9-3-10-24-42)63-57(68-60)43-25-11-4-12-26-43/h1-39H. The molecule has 0 bridgehead atoms. The summed E-state index contributed by atoms with van der Waals surface area (Å²) in [6.07, 6.45) is 0. The second-order valence-corrected chi connectivity index (χ2v) is 16.5. The maximum atomic E-state index is 6.31. The third-order valence-electron chi connectivity index (χ3n) is 12.0. The van der Waals surface area contributed by atoms with Gasteiger partial charge in [0.1, 0.15) is 5.52 Å². The summed E-state index contributed by atoms with van der Waals surface area (Å²) < 4.78 is 6.31. The molecule has 0 fully saturated rings. The number of oxazole rings is 1. The van der Waals surface area contributed by atoms with E-state index in [0.29, 0.717) is 40.8 Å². The van der Waals surface area contributed by atoms with Crippen LogP contribution < -0.4 is 0 Å². The minimum atomic E-state index is 0.538. The Balaban J connectivity index is 1.06. The maximum Gasteiger partial charge on any atom is 0.227 e. The van der Waals surface area contributed by atoms with Crippen molar-refractivity contribution in [1.82, 2.24) is 34.9 Å². The number of aromatic nitrogens is 7. The molecule has 8 nitrogen and oxygen atoms in total. The highest BCUT2D eigenvalue weighted by Crippen LogP contribution is 2.41. The molecule has 0 amide bonds. The number of hydrogen-bond donors (Lipinski definition) is 0. The van der Waals surface area contributed by atoms with Crippen molar-refractivity contribution >= 4 is 11.1 Å². The minimum absolute atomic E-state index is 0.538. The molecule has 69 heavy (non-hydrogen) atoms. The molecule has 0 unspecified atom stereocenters. The molecule has 3 aromatic heterocycles. The van der Waals surface area contributed by atoms with E-state index >= 15 is 0 Å². The lowest BCUT2D eigenvalue weighted by atomic mass is 9.89. The molecule has 0 aliphatic carbocycles. The molecule has 3 heterocycles. The average molecular weight is 886 g/mol. The Morgan fingerprint density at radius 1 is 0.217 bits per heavy atom. The van der Waals surface area contributed by atoms with Gasteiger partial charge in [-0.3, -0.25) is 0 Å². The summed E-state index contributed by atoms with van der Waals surface area (Å²) in [5, 5.41) is 0. The molecule has 8 heteroatoms. The Kier molecular flexibility index (Phi) is 10.7. The van der Waals surface area contributed by atoms with E-state index in [2.05, 4.69) is 84.9 Å². The smallest absolute Gasteiger partial charge is 0.227 e. The van der Waals surface area contributed by atoms with Gasteiger partial charge < -0.3 is 4.42 Å². The topological polar surface area (TPSA) is 103 Å². The van der Waals surface area contributed by atoms with Crippen LogP contribution >= 0.6 is 0 Å². The molecule has 0 saturated heterocycles. The zero-order valence-electron chi connectivity index (χ0n) is 37.1. The van der Waals surface area contributed by atoms with E-state index < -0.39 is 0 Å². The summed E-state index contributed by atoms with van der Waals surface area (Å²) in [6, 6.07) is 79.6. The SMILES string of the molecule is c1ccc(-c2cccc(-c3nc(-c4ccccc4)nc(-c4ccc(-c5ccccc5-c5nc(-c6ccccc6)nc(-c6ccccc6)n5)c(-c5cccc(-c6nc7ccccc7o6)c5)c4)n3)c2)cc1. The van der Waals surface area contributed by atoms with E-state index in [1.165, 1.54) is 0 Å². The summed E-state index contributed by atoms with van der Waals surface area (Å²) in [5.41, 5.74) is 13.6. The van der Waals surface area contributed by atoms with Gasteiger partial charge in [0.15, 0.2) is 40.5 Å². The van der Waals surface area contributed by atoms with Crippen LogP contribution in [0, 0.1) is 0 Å².